The van der Waals surface area contributed by atoms with Gasteiger partial charge in [-0.1, -0.05) is 18.2 Å². The molecular weight excluding hydrogens is 254 g/mol. The van der Waals surface area contributed by atoms with E-state index in [1.807, 2.05) is 37.4 Å². The molecule has 0 amide bonds. The molecule has 2 aromatic rings. The van der Waals surface area contributed by atoms with Crippen LogP contribution >= 0.6 is 0 Å². The number of likely N-dealkylation sites (N-methyl/N-ethyl adjacent to an activating group) is 1. The van der Waals surface area contributed by atoms with E-state index in [0.717, 1.165) is 17.3 Å². The lowest BCUT2D eigenvalue weighted by atomic mass is 9.92. The van der Waals surface area contributed by atoms with Crippen molar-refractivity contribution in [3.63, 3.8) is 0 Å². The maximum atomic E-state index is 5.86. The highest BCUT2D eigenvalue weighted by Gasteiger charge is 2.33. The maximum absolute atomic E-state index is 5.86. The van der Waals surface area contributed by atoms with Crippen LogP contribution in [0.5, 0.6) is 5.75 Å². The average molecular weight is 273 g/mol. The number of nitrogens with one attached hydrogen (secondary N) is 1. The van der Waals surface area contributed by atoms with Gasteiger partial charge in [-0.3, -0.25) is 0 Å². The number of methoxy groups -OCH3 is 1. The second-order valence-corrected chi connectivity index (χ2v) is 4.96. The van der Waals surface area contributed by atoms with Gasteiger partial charge in [0.15, 0.2) is 0 Å². The molecule has 4 nitrogen and oxygen atoms in total. The second-order valence-electron chi connectivity index (χ2n) is 4.96. The number of hydrogen-bond donors (Lipinski definition) is 1. The average Bonchev–Trinajstić information content (AvgIpc) is 3.09. The minimum Gasteiger partial charge on any atom is -0.493 e. The molecule has 0 spiro atoms. The Morgan fingerprint density at radius 1 is 1.30 bits per heavy atom. The largest absolute Gasteiger partial charge is 0.493 e. The van der Waals surface area contributed by atoms with Crippen molar-refractivity contribution in [1.29, 1.82) is 0 Å². The summed E-state index contributed by atoms with van der Waals surface area (Å²) >= 11 is 0. The van der Waals surface area contributed by atoms with Gasteiger partial charge in [-0.2, -0.15) is 0 Å². The molecule has 1 aromatic heterocycles. The van der Waals surface area contributed by atoms with Crippen molar-refractivity contribution in [2.24, 2.45) is 0 Å². The van der Waals surface area contributed by atoms with E-state index in [1.165, 1.54) is 5.56 Å². The zero-order valence-corrected chi connectivity index (χ0v) is 11.8. The predicted octanol–water partition coefficient (Wildman–Crippen LogP) is 2.86. The van der Waals surface area contributed by atoms with Crippen molar-refractivity contribution in [1.82, 2.24) is 5.32 Å². The van der Waals surface area contributed by atoms with E-state index in [2.05, 4.69) is 11.4 Å². The first-order chi connectivity index (χ1) is 9.83. The fourth-order valence-electron chi connectivity index (χ4n) is 2.79. The summed E-state index contributed by atoms with van der Waals surface area (Å²) in [5.41, 5.74) is 1.23. The third-order valence-corrected chi connectivity index (χ3v) is 3.73. The van der Waals surface area contributed by atoms with Crippen molar-refractivity contribution in [3.05, 3.63) is 53.5 Å². The van der Waals surface area contributed by atoms with Gasteiger partial charge < -0.3 is 19.2 Å². The summed E-state index contributed by atoms with van der Waals surface area (Å²) in [7, 11) is 3.61. The van der Waals surface area contributed by atoms with Crippen LogP contribution in [0, 0.1) is 0 Å². The van der Waals surface area contributed by atoms with Gasteiger partial charge >= 0.3 is 0 Å². The number of benzene rings is 1. The van der Waals surface area contributed by atoms with E-state index in [9.17, 15) is 0 Å². The quantitative estimate of drug-likeness (QED) is 0.909. The molecule has 0 saturated carbocycles. The fourth-order valence-corrected chi connectivity index (χ4v) is 2.79. The molecule has 0 fully saturated rings. The summed E-state index contributed by atoms with van der Waals surface area (Å²) in [6.07, 6.45) is 0. The van der Waals surface area contributed by atoms with Crippen molar-refractivity contribution in [2.75, 3.05) is 20.8 Å². The summed E-state index contributed by atoms with van der Waals surface area (Å²) in [4.78, 5) is 0. The second kappa shape index (κ2) is 5.69. The van der Waals surface area contributed by atoms with Crippen molar-refractivity contribution >= 4 is 0 Å². The van der Waals surface area contributed by atoms with Crippen LogP contribution in [-0.2, 0) is 11.3 Å². The van der Waals surface area contributed by atoms with Crippen LogP contribution in [0.1, 0.15) is 29.0 Å². The minimum absolute atomic E-state index is 0.101. The number of para-hydroxylation sites is 1. The summed E-state index contributed by atoms with van der Waals surface area (Å²) < 4.78 is 16.7. The van der Waals surface area contributed by atoms with E-state index in [1.54, 1.807) is 7.11 Å². The topological polar surface area (TPSA) is 43.6 Å². The van der Waals surface area contributed by atoms with E-state index in [0.29, 0.717) is 13.2 Å². The first kappa shape index (κ1) is 13.2. The van der Waals surface area contributed by atoms with Crippen LogP contribution in [0.3, 0.4) is 0 Å². The molecule has 2 heterocycles. The van der Waals surface area contributed by atoms with Gasteiger partial charge in [0.25, 0.3) is 0 Å². The van der Waals surface area contributed by atoms with Crippen molar-refractivity contribution < 1.29 is 13.9 Å². The zero-order chi connectivity index (χ0) is 13.9. The normalized spacial score (nSPS) is 18.6. The number of ether oxygens (including phenoxy) is 2. The summed E-state index contributed by atoms with van der Waals surface area (Å²) in [6.45, 7) is 1.17. The Labute approximate surface area is 118 Å². The van der Waals surface area contributed by atoms with Crippen LogP contribution < -0.4 is 10.1 Å². The third kappa shape index (κ3) is 2.32. The molecule has 1 aliphatic heterocycles. The van der Waals surface area contributed by atoms with Crippen molar-refractivity contribution in [3.8, 4) is 5.75 Å². The van der Waals surface area contributed by atoms with Crippen LogP contribution in [-0.4, -0.2) is 20.8 Å². The van der Waals surface area contributed by atoms with E-state index in [-0.39, 0.29) is 12.0 Å². The molecular formula is C16H19NO3. The molecule has 2 atom stereocenters. The molecule has 2 unspecified atom stereocenters. The van der Waals surface area contributed by atoms with Gasteiger partial charge in [-0.05, 0) is 25.2 Å². The fraction of sp³-hybridized carbons (Fsp3) is 0.375. The molecule has 0 bridgehead atoms. The Morgan fingerprint density at radius 3 is 2.95 bits per heavy atom. The molecule has 106 valence electrons. The smallest absolute Gasteiger partial charge is 0.129 e. The molecule has 0 radical (unpaired) electrons. The summed E-state index contributed by atoms with van der Waals surface area (Å²) in [6, 6.07) is 12.3. The Hall–Kier alpha value is -1.78. The van der Waals surface area contributed by atoms with Crippen LogP contribution in [0.15, 0.2) is 40.8 Å². The maximum Gasteiger partial charge on any atom is 0.129 e. The molecule has 1 aliphatic rings. The third-order valence-electron chi connectivity index (χ3n) is 3.73. The predicted molar refractivity (Wildman–Crippen MR) is 75.9 cm³/mol. The van der Waals surface area contributed by atoms with E-state index in [4.69, 9.17) is 13.9 Å². The van der Waals surface area contributed by atoms with Gasteiger partial charge in [0.05, 0.1) is 12.6 Å². The number of furan rings is 1. The Bertz CT molecular complexity index is 579. The van der Waals surface area contributed by atoms with Gasteiger partial charge in [0, 0.05) is 18.6 Å². The SMILES string of the molecule is CNC(c1ccc(COC)o1)C1COc2ccccc21. The standard InChI is InChI=1S/C16H19NO3/c1-17-16(15-8-7-11(20-15)9-18-2)13-10-19-14-6-4-3-5-12(13)14/h3-8,13,16-17H,9-10H2,1-2H3. The van der Waals surface area contributed by atoms with Crippen LogP contribution in [0.2, 0.25) is 0 Å². The highest BCUT2D eigenvalue weighted by Crippen LogP contribution is 2.41. The lowest BCUT2D eigenvalue weighted by Crippen LogP contribution is -2.24. The van der Waals surface area contributed by atoms with Gasteiger partial charge in [-0.15, -0.1) is 0 Å². The first-order valence-corrected chi connectivity index (χ1v) is 6.80. The molecule has 4 heteroatoms. The van der Waals surface area contributed by atoms with Crippen molar-refractivity contribution in [2.45, 2.75) is 18.6 Å². The van der Waals surface area contributed by atoms with Gasteiger partial charge in [0.2, 0.25) is 0 Å². The first-order valence-electron chi connectivity index (χ1n) is 6.80. The minimum atomic E-state index is 0.101. The Morgan fingerprint density at radius 2 is 2.15 bits per heavy atom. The molecule has 0 aliphatic carbocycles. The molecule has 20 heavy (non-hydrogen) atoms. The van der Waals surface area contributed by atoms with E-state index < -0.39 is 0 Å². The number of fused-ring (bicyclic) bond motifs is 1. The lowest BCUT2D eigenvalue weighted by molar-refractivity contribution is 0.160. The lowest BCUT2D eigenvalue weighted by Gasteiger charge is -2.20. The number of rotatable bonds is 5. The molecule has 1 N–H and O–H groups in total. The Kier molecular flexibility index (Phi) is 3.76. The zero-order valence-electron chi connectivity index (χ0n) is 11.8. The highest BCUT2D eigenvalue weighted by atomic mass is 16.5. The molecule has 1 aromatic carbocycles. The summed E-state index contributed by atoms with van der Waals surface area (Å²) in [5.74, 6) is 3.00. The van der Waals surface area contributed by atoms with Crippen LogP contribution in [0.4, 0.5) is 0 Å². The number of hydrogen-bond acceptors (Lipinski definition) is 4. The monoisotopic (exact) mass is 273 g/mol. The molecule has 3 rings (SSSR count). The molecule has 0 saturated heterocycles. The highest BCUT2D eigenvalue weighted by molar-refractivity contribution is 5.41. The van der Waals surface area contributed by atoms with Gasteiger partial charge in [-0.25, -0.2) is 0 Å². The van der Waals surface area contributed by atoms with Crippen LogP contribution in [0.25, 0.3) is 0 Å². The Balaban J connectivity index is 1.87. The van der Waals surface area contributed by atoms with E-state index >= 15 is 0 Å². The van der Waals surface area contributed by atoms with Gasteiger partial charge in [0.1, 0.15) is 23.9 Å². The summed E-state index contributed by atoms with van der Waals surface area (Å²) in [5, 5.41) is 3.34.